The fourth-order valence-corrected chi connectivity index (χ4v) is 3.72. The predicted octanol–water partition coefficient (Wildman–Crippen LogP) is 4.10. The van der Waals surface area contributed by atoms with E-state index in [1.807, 2.05) is 45.9 Å². The van der Waals surface area contributed by atoms with E-state index in [-0.39, 0.29) is 5.91 Å². The van der Waals surface area contributed by atoms with Crippen molar-refractivity contribution < 1.29 is 9.53 Å². The van der Waals surface area contributed by atoms with E-state index in [0.29, 0.717) is 23.7 Å². The zero-order valence-corrected chi connectivity index (χ0v) is 15.2. The Morgan fingerprint density at radius 1 is 1.26 bits per heavy atom. The summed E-state index contributed by atoms with van der Waals surface area (Å²) in [5.41, 5.74) is 9.72. The quantitative estimate of drug-likeness (QED) is 0.896. The van der Waals surface area contributed by atoms with Gasteiger partial charge in [0.25, 0.3) is 5.91 Å². The molecule has 0 saturated carbocycles. The number of nitrogens with zero attached hydrogens (tertiary/aromatic N) is 1. The third-order valence-electron chi connectivity index (χ3n) is 4.00. The first-order valence-corrected chi connectivity index (χ1v) is 8.59. The summed E-state index contributed by atoms with van der Waals surface area (Å²) < 4.78 is 5.51. The minimum absolute atomic E-state index is 0.0181. The SMILES string of the molecule is CCN(CC)C(=O)c1c(N)sc(C)c1-c1cc(C)ccc1OC. The van der Waals surface area contributed by atoms with Crippen LogP contribution < -0.4 is 10.5 Å². The minimum atomic E-state index is -0.0181. The molecule has 5 heteroatoms. The summed E-state index contributed by atoms with van der Waals surface area (Å²) in [6.45, 7) is 9.30. The van der Waals surface area contributed by atoms with Crippen LogP contribution in [0.4, 0.5) is 5.00 Å². The van der Waals surface area contributed by atoms with E-state index in [4.69, 9.17) is 10.5 Å². The maximum absolute atomic E-state index is 12.9. The van der Waals surface area contributed by atoms with Crippen LogP contribution in [-0.2, 0) is 0 Å². The maximum Gasteiger partial charge on any atom is 0.257 e. The van der Waals surface area contributed by atoms with Gasteiger partial charge in [0.1, 0.15) is 5.75 Å². The van der Waals surface area contributed by atoms with Crippen LogP contribution in [0.5, 0.6) is 5.75 Å². The van der Waals surface area contributed by atoms with E-state index in [2.05, 4.69) is 0 Å². The number of amides is 1. The van der Waals surface area contributed by atoms with Gasteiger partial charge < -0.3 is 15.4 Å². The molecular formula is C18H24N2O2S. The first-order valence-electron chi connectivity index (χ1n) is 7.77. The van der Waals surface area contributed by atoms with Gasteiger partial charge in [-0.15, -0.1) is 11.3 Å². The molecule has 2 N–H and O–H groups in total. The first-order chi connectivity index (χ1) is 10.9. The molecule has 0 bridgehead atoms. The van der Waals surface area contributed by atoms with Crippen LogP contribution in [0, 0.1) is 13.8 Å². The standard InChI is InChI=1S/C18H24N2O2S/c1-6-20(7-2)18(21)16-15(12(4)23-17(16)19)13-10-11(3)8-9-14(13)22-5/h8-10H,6-7,19H2,1-5H3. The number of hydrogen-bond acceptors (Lipinski definition) is 4. The lowest BCUT2D eigenvalue weighted by molar-refractivity contribution is 0.0775. The number of nitrogen functional groups attached to an aromatic ring is 1. The van der Waals surface area contributed by atoms with E-state index >= 15 is 0 Å². The molecule has 2 aromatic rings. The van der Waals surface area contributed by atoms with Gasteiger partial charge in [0.2, 0.25) is 0 Å². The molecule has 0 unspecified atom stereocenters. The smallest absolute Gasteiger partial charge is 0.257 e. The van der Waals surface area contributed by atoms with Crippen molar-refractivity contribution in [3.63, 3.8) is 0 Å². The molecule has 0 spiro atoms. The van der Waals surface area contributed by atoms with Crippen molar-refractivity contribution in [2.75, 3.05) is 25.9 Å². The van der Waals surface area contributed by atoms with Crippen molar-refractivity contribution in [1.29, 1.82) is 0 Å². The number of hydrogen-bond donors (Lipinski definition) is 1. The summed E-state index contributed by atoms with van der Waals surface area (Å²) in [4.78, 5) is 15.8. The van der Waals surface area contributed by atoms with Gasteiger partial charge in [-0.05, 0) is 39.8 Å². The fraction of sp³-hybridized carbons (Fsp3) is 0.389. The van der Waals surface area contributed by atoms with Crippen molar-refractivity contribution in [1.82, 2.24) is 4.90 Å². The molecule has 1 amide bonds. The van der Waals surface area contributed by atoms with Crippen LogP contribution in [0.2, 0.25) is 0 Å². The Morgan fingerprint density at radius 3 is 2.48 bits per heavy atom. The lowest BCUT2D eigenvalue weighted by Gasteiger charge is -2.20. The molecule has 1 aromatic heterocycles. The first kappa shape index (κ1) is 17.3. The second-order valence-corrected chi connectivity index (χ2v) is 6.71. The highest BCUT2D eigenvalue weighted by Crippen LogP contribution is 2.42. The summed E-state index contributed by atoms with van der Waals surface area (Å²) in [6, 6.07) is 5.98. The Hall–Kier alpha value is -2.01. The van der Waals surface area contributed by atoms with Crippen molar-refractivity contribution in [2.24, 2.45) is 0 Å². The third kappa shape index (κ3) is 3.20. The number of nitrogens with two attached hydrogens (primary N) is 1. The molecule has 0 fully saturated rings. The molecule has 0 radical (unpaired) electrons. The highest BCUT2D eigenvalue weighted by atomic mass is 32.1. The molecule has 0 atom stereocenters. The summed E-state index contributed by atoms with van der Waals surface area (Å²) in [6.07, 6.45) is 0. The molecule has 0 aliphatic heterocycles. The van der Waals surface area contributed by atoms with Gasteiger partial charge in [-0.2, -0.15) is 0 Å². The lowest BCUT2D eigenvalue weighted by Crippen LogP contribution is -2.31. The van der Waals surface area contributed by atoms with Crippen LogP contribution >= 0.6 is 11.3 Å². The number of carbonyl (C=O) groups excluding carboxylic acids is 1. The molecule has 124 valence electrons. The number of methoxy groups -OCH3 is 1. The number of anilines is 1. The van der Waals surface area contributed by atoms with Crippen LogP contribution in [0.1, 0.15) is 34.6 Å². The van der Waals surface area contributed by atoms with Crippen molar-refractivity contribution >= 4 is 22.2 Å². The molecule has 0 aliphatic rings. The Bertz CT molecular complexity index is 718. The number of thiophene rings is 1. The van der Waals surface area contributed by atoms with Gasteiger partial charge in [-0.25, -0.2) is 0 Å². The van der Waals surface area contributed by atoms with Crippen molar-refractivity contribution in [2.45, 2.75) is 27.7 Å². The van der Waals surface area contributed by atoms with E-state index in [9.17, 15) is 4.79 Å². The van der Waals surface area contributed by atoms with Crippen molar-refractivity contribution in [3.05, 3.63) is 34.2 Å². The van der Waals surface area contributed by atoms with Crippen molar-refractivity contribution in [3.8, 4) is 16.9 Å². The minimum Gasteiger partial charge on any atom is -0.496 e. The zero-order chi connectivity index (χ0) is 17.1. The number of ether oxygens (including phenoxy) is 1. The van der Waals surface area contributed by atoms with Gasteiger partial charge in [0, 0.05) is 29.1 Å². The monoisotopic (exact) mass is 332 g/mol. The van der Waals surface area contributed by atoms with Crippen LogP contribution in [0.15, 0.2) is 18.2 Å². The number of benzene rings is 1. The molecule has 2 rings (SSSR count). The summed E-state index contributed by atoms with van der Waals surface area (Å²) in [5, 5.41) is 0.568. The lowest BCUT2D eigenvalue weighted by atomic mass is 9.98. The number of carbonyl (C=O) groups is 1. The second-order valence-electron chi connectivity index (χ2n) is 5.45. The predicted molar refractivity (Wildman–Crippen MR) is 97.4 cm³/mol. The normalized spacial score (nSPS) is 10.7. The second kappa shape index (κ2) is 7.04. The Balaban J connectivity index is 2.69. The van der Waals surface area contributed by atoms with Gasteiger partial charge in [-0.1, -0.05) is 11.6 Å². The van der Waals surface area contributed by atoms with Gasteiger partial charge in [-0.3, -0.25) is 4.79 Å². The van der Waals surface area contributed by atoms with Crippen LogP contribution in [0.25, 0.3) is 11.1 Å². The molecule has 0 saturated heterocycles. The summed E-state index contributed by atoms with van der Waals surface area (Å²) >= 11 is 1.46. The molecule has 0 aliphatic carbocycles. The topological polar surface area (TPSA) is 55.6 Å². The fourth-order valence-electron chi connectivity index (χ4n) is 2.79. The van der Waals surface area contributed by atoms with Gasteiger partial charge in [0.05, 0.1) is 17.7 Å². The maximum atomic E-state index is 12.9. The highest BCUT2D eigenvalue weighted by molar-refractivity contribution is 7.16. The van der Waals surface area contributed by atoms with E-state index < -0.39 is 0 Å². The average molecular weight is 332 g/mol. The Labute approximate surface area is 141 Å². The van der Waals surface area contributed by atoms with E-state index in [0.717, 1.165) is 27.3 Å². The average Bonchev–Trinajstić information content (AvgIpc) is 2.82. The molecule has 1 heterocycles. The van der Waals surface area contributed by atoms with Gasteiger partial charge >= 0.3 is 0 Å². The molecule has 1 aromatic carbocycles. The van der Waals surface area contributed by atoms with Gasteiger partial charge in [0.15, 0.2) is 0 Å². The molecule has 23 heavy (non-hydrogen) atoms. The number of rotatable bonds is 5. The molecule has 4 nitrogen and oxygen atoms in total. The van der Waals surface area contributed by atoms with Crippen LogP contribution in [0.3, 0.4) is 0 Å². The Kier molecular flexibility index (Phi) is 5.31. The van der Waals surface area contributed by atoms with E-state index in [1.54, 1.807) is 12.0 Å². The third-order valence-corrected chi connectivity index (χ3v) is 4.93. The summed E-state index contributed by atoms with van der Waals surface area (Å²) in [7, 11) is 1.64. The largest absolute Gasteiger partial charge is 0.496 e. The van der Waals surface area contributed by atoms with E-state index in [1.165, 1.54) is 11.3 Å². The Morgan fingerprint density at radius 2 is 1.91 bits per heavy atom. The molecular weight excluding hydrogens is 308 g/mol. The zero-order valence-electron chi connectivity index (χ0n) is 14.4. The summed E-state index contributed by atoms with van der Waals surface area (Å²) in [5.74, 6) is 0.737. The van der Waals surface area contributed by atoms with Crippen LogP contribution in [-0.4, -0.2) is 31.0 Å². The number of aryl methyl sites for hydroxylation is 2. The highest BCUT2D eigenvalue weighted by Gasteiger charge is 2.26.